The molecule has 1 aliphatic rings. The third kappa shape index (κ3) is 4.03. The number of ether oxygens (including phenoxy) is 1. The highest BCUT2D eigenvalue weighted by molar-refractivity contribution is 5.91. The van der Waals surface area contributed by atoms with Gasteiger partial charge in [-0.1, -0.05) is 17.2 Å². The first-order chi connectivity index (χ1) is 10.2. The molecule has 2 rings (SSSR count). The maximum absolute atomic E-state index is 12.2. The minimum Gasteiger partial charge on any atom is -0.492 e. The summed E-state index contributed by atoms with van der Waals surface area (Å²) in [6.45, 7) is 3.63. The normalized spacial score (nSPS) is 15.2. The number of hydrogen-bond acceptors (Lipinski definition) is 3. The van der Waals surface area contributed by atoms with Crippen LogP contribution in [0.15, 0.2) is 29.4 Å². The average Bonchev–Trinajstić information content (AvgIpc) is 2.50. The van der Waals surface area contributed by atoms with Crippen molar-refractivity contribution in [2.24, 2.45) is 5.11 Å². The molecule has 2 amide bonds. The molecule has 0 radical (unpaired) electrons. The van der Waals surface area contributed by atoms with Crippen molar-refractivity contribution in [2.45, 2.75) is 25.8 Å². The van der Waals surface area contributed by atoms with Crippen LogP contribution in [0.1, 0.15) is 19.8 Å². The van der Waals surface area contributed by atoms with Crippen molar-refractivity contribution >= 4 is 11.7 Å². The van der Waals surface area contributed by atoms with E-state index >= 15 is 0 Å². The fourth-order valence-corrected chi connectivity index (χ4v) is 2.30. The van der Waals surface area contributed by atoms with Crippen LogP contribution in [-0.2, 0) is 0 Å². The van der Waals surface area contributed by atoms with Gasteiger partial charge in [0.15, 0.2) is 0 Å². The Hall–Kier alpha value is -2.40. The Morgan fingerprint density at radius 2 is 2.19 bits per heavy atom. The van der Waals surface area contributed by atoms with E-state index in [-0.39, 0.29) is 12.1 Å². The Labute approximate surface area is 123 Å². The Balaban J connectivity index is 1.95. The number of piperidine rings is 1. The van der Waals surface area contributed by atoms with Gasteiger partial charge in [0.2, 0.25) is 0 Å². The summed E-state index contributed by atoms with van der Waals surface area (Å²) in [5, 5.41) is 6.57. The molecule has 7 nitrogen and oxygen atoms in total. The molecule has 112 valence electrons. The van der Waals surface area contributed by atoms with Gasteiger partial charge in [-0.2, -0.15) is 0 Å². The van der Waals surface area contributed by atoms with Crippen molar-refractivity contribution in [3.05, 3.63) is 34.7 Å². The zero-order valence-electron chi connectivity index (χ0n) is 12.0. The predicted molar refractivity (Wildman–Crippen MR) is 80.4 cm³/mol. The van der Waals surface area contributed by atoms with Gasteiger partial charge in [-0.25, -0.2) is 4.79 Å². The van der Waals surface area contributed by atoms with Crippen molar-refractivity contribution < 1.29 is 9.53 Å². The largest absolute Gasteiger partial charge is 0.492 e. The van der Waals surface area contributed by atoms with Gasteiger partial charge in [-0.05, 0) is 37.4 Å². The third-order valence-electron chi connectivity index (χ3n) is 3.40. The molecule has 0 atom stereocenters. The number of carbonyl (C=O) groups excluding carboxylic acids is 1. The van der Waals surface area contributed by atoms with E-state index in [1.807, 2.05) is 31.2 Å². The maximum Gasteiger partial charge on any atom is 0.321 e. The lowest BCUT2D eigenvalue weighted by atomic mass is 10.1. The van der Waals surface area contributed by atoms with Gasteiger partial charge in [0.25, 0.3) is 0 Å². The monoisotopic (exact) mass is 289 g/mol. The minimum atomic E-state index is -0.151. The first-order valence-electron chi connectivity index (χ1n) is 7.06. The lowest BCUT2D eigenvalue weighted by molar-refractivity contribution is 0.195. The molecule has 1 fully saturated rings. The van der Waals surface area contributed by atoms with Crippen LogP contribution in [0, 0.1) is 0 Å². The van der Waals surface area contributed by atoms with Crippen LogP contribution in [0.2, 0.25) is 0 Å². The number of rotatable bonds is 4. The lowest BCUT2D eigenvalue weighted by Gasteiger charge is -2.30. The fraction of sp³-hybridized carbons (Fsp3) is 0.500. The predicted octanol–water partition coefficient (Wildman–Crippen LogP) is 3.39. The highest BCUT2D eigenvalue weighted by atomic mass is 16.5. The fourth-order valence-electron chi connectivity index (χ4n) is 2.30. The van der Waals surface area contributed by atoms with Gasteiger partial charge in [0.1, 0.15) is 5.75 Å². The number of hydrogen-bond donors (Lipinski definition) is 1. The van der Waals surface area contributed by atoms with E-state index in [0.717, 1.165) is 0 Å². The van der Waals surface area contributed by atoms with E-state index in [2.05, 4.69) is 15.3 Å². The summed E-state index contributed by atoms with van der Waals surface area (Å²) >= 11 is 0. The molecule has 0 saturated carbocycles. The van der Waals surface area contributed by atoms with Gasteiger partial charge in [-0.3, -0.25) is 0 Å². The number of carbonyl (C=O) groups is 1. The second-order valence-electron chi connectivity index (χ2n) is 4.78. The van der Waals surface area contributed by atoms with Crippen LogP contribution < -0.4 is 10.1 Å². The van der Waals surface area contributed by atoms with Gasteiger partial charge < -0.3 is 15.0 Å². The number of nitrogens with one attached hydrogen (secondary N) is 1. The molecule has 1 aromatic rings. The molecule has 0 aliphatic carbocycles. The molecule has 0 unspecified atom stereocenters. The summed E-state index contributed by atoms with van der Waals surface area (Å²) in [7, 11) is 0. The second-order valence-corrected chi connectivity index (χ2v) is 4.78. The average molecular weight is 289 g/mol. The summed E-state index contributed by atoms with van der Waals surface area (Å²) in [6, 6.07) is 7.21. The minimum absolute atomic E-state index is 0.00485. The standard InChI is InChI=1S/C14H19N5O2/c1-2-21-13-6-4-3-5-12(13)16-14(20)19-9-7-11(8-10-19)17-18-15/h3-6,11H,2,7-10H2,1H3,(H,16,20). The topological polar surface area (TPSA) is 90.3 Å². The highest BCUT2D eigenvalue weighted by Gasteiger charge is 2.22. The Bertz CT molecular complexity index is 534. The maximum atomic E-state index is 12.2. The number of nitrogens with zero attached hydrogens (tertiary/aromatic N) is 4. The first kappa shape index (κ1) is 15.0. The molecule has 21 heavy (non-hydrogen) atoms. The molecular formula is C14H19N5O2. The van der Waals surface area contributed by atoms with E-state index in [9.17, 15) is 4.79 Å². The van der Waals surface area contributed by atoms with Gasteiger partial charge in [0, 0.05) is 24.0 Å². The van der Waals surface area contributed by atoms with Crippen molar-refractivity contribution in [2.75, 3.05) is 25.0 Å². The lowest BCUT2D eigenvalue weighted by Crippen LogP contribution is -2.42. The number of urea groups is 1. The molecule has 1 heterocycles. The van der Waals surface area contributed by atoms with Crippen LogP contribution in [0.4, 0.5) is 10.5 Å². The van der Waals surface area contributed by atoms with Crippen LogP contribution in [0.5, 0.6) is 5.75 Å². The van der Waals surface area contributed by atoms with Crippen LogP contribution in [-0.4, -0.2) is 36.7 Å². The molecule has 1 aliphatic heterocycles. The van der Waals surface area contributed by atoms with E-state index in [1.54, 1.807) is 4.90 Å². The molecule has 0 spiro atoms. The summed E-state index contributed by atoms with van der Waals surface area (Å²) in [4.78, 5) is 16.8. The van der Waals surface area contributed by atoms with Gasteiger partial charge in [-0.15, -0.1) is 0 Å². The summed E-state index contributed by atoms with van der Waals surface area (Å²) in [5.41, 5.74) is 9.09. The van der Waals surface area contributed by atoms with Crippen molar-refractivity contribution in [1.29, 1.82) is 0 Å². The van der Waals surface area contributed by atoms with Crippen molar-refractivity contribution in [3.63, 3.8) is 0 Å². The number of benzene rings is 1. The Morgan fingerprint density at radius 1 is 1.48 bits per heavy atom. The number of likely N-dealkylation sites (tertiary alicyclic amines) is 1. The quantitative estimate of drug-likeness (QED) is 0.523. The molecule has 0 bridgehead atoms. The van der Waals surface area contributed by atoms with Gasteiger partial charge in [0.05, 0.1) is 12.3 Å². The number of anilines is 1. The van der Waals surface area contributed by atoms with Crippen LogP contribution in [0.3, 0.4) is 0 Å². The van der Waals surface area contributed by atoms with Gasteiger partial charge >= 0.3 is 6.03 Å². The van der Waals surface area contributed by atoms with Crippen molar-refractivity contribution in [1.82, 2.24) is 4.90 Å². The third-order valence-corrected chi connectivity index (χ3v) is 3.40. The SMILES string of the molecule is CCOc1ccccc1NC(=O)N1CCC(N=[N+]=[N-])CC1. The van der Waals surface area contributed by atoms with E-state index in [1.165, 1.54) is 0 Å². The Morgan fingerprint density at radius 3 is 2.86 bits per heavy atom. The number of para-hydroxylation sites is 2. The van der Waals surface area contributed by atoms with Crippen LogP contribution >= 0.6 is 0 Å². The zero-order valence-corrected chi connectivity index (χ0v) is 12.0. The smallest absolute Gasteiger partial charge is 0.321 e. The van der Waals surface area contributed by atoms with Crippen molar-refractivity contribution in [3.8, 4) is 5.75 Å². The highest BCUT2D eigenvalue weighted by Crippen LogP contribution is 2.24. The zero-order chi connectivity index (χ0) is 15.1. The number of azide groups is 1. The van der Waals surface area contributed by atoms with E-state index < -0.39 is 0 Å². The number of amides is 2. The molecule has 1 saturated heterocycles. The first-order valence-corrected chi connectivity index (χ1v) is 7.06. The molecule has 1 aromatic carbocycles. The summed E-state index contributed by atoms with van der Waals surface area (Å²) in [5.74, 6) is 0.664. The Kier molecular flexibility index (Phi) is 5.29. The summed E-state index contributed by atoms with van der Waals surface area (Å²) in [6.07, 6.45) is 1.40. The molecule has 0 aromatic heterocycles. The summed E-state index contributed by atoms with van der Waals surface area (Å²) < 4.78 is 5.49. The molecular weight excluding hydrogens is 270 g/mol. The molecule has 1 N–H and O–H groups in total. The van der Waals surface area contributed by atoms with Crippen LogP contribution in [0.25, 0.3) is 10.4 Å². The van der Waals surface area contributed by atoms with E-state index in [0.29, 0.717) is 44.0 Å². The second kappa shape index (κ2) is 7.40. The van der Waals surface area contributed by atoms with E-state index in [4.69, 9.17) is 10.3 Å². The molecule has 7 heteroatoms.